The predicted octanol–water partition coefficient (Wildman–Crippen LogP) is 4.51. The first kappa shape index (κ1) is 19.0. The lowest BCUT2D eigenvalue weighted by Crippen LogP contribution is -2.28. The minimum atomic E-state index is -0.768. The number of nitrogens with one attached hydrogen (secondary N) is 1. The third-order valence-electron chi connectivity index (χ3n) is 4.26. The molecule has 0 atom stereocenters. The topological polar surface area (TPSA) is 49.4 Å². The third kappa shape index (κ3) is 4.52. The zero-order valence-corrected chi connectivity index (χ0v) is 15.1. The maximum atomic E-state index is 13.6. The summed E-state index contributed by atoms with van der Waals surface area (Å²) in [5.74, 6) is -2.37. The largest absolute Gasteiger partial charge is 0.339 e. The number of nitrogens with zero attached hydrogens (tertiary/aromatic N) is 1. The summed E-state index contributed by atoms with van der Waals surface area (Å²) in [5, 5.41) is 2.95. The van der Waals surface area contributed by atoms with Gasteiger partial charge in [-0.05, 0) is 49.2 Å². The van der Waals surface area contributed by atoms with Crippen LogP contribution in [-0.4, -0.2) is 29.8 Å². The van der Waals surface area contributed by atoms with Gasteiger partial charge in [-0.1, -0.05) is 17.7 Å². The van der Waals surface area contributed by atoms with Gasteiger partial charge in [0.25, 0.3) is 5.91 Å². The highest BCUT2D eigenvalue weighted by Gasteiger charge is 2.22. The van der Waals surface area contributed by atoms with Crippen molar-refractivity contribution in [2.45, 2.75) is 12.8 Å². The number of hydrogen-bond donors (Lipinski definition) is 1. The van der Waals surface area contributed by atoms with Crippen molar-refractivity contribution in [1.82, 2.24) is 4.90 Å². The number of hydrogen-bond acceptors (Lipinski definition) is 2. The van der Waals surface area contributed by atoms with Crippen molar-refractivity contribution in [2.24, 2.45) is 0 Å². The Hall–Kier alpha value is -2.73. The number of carbonyl (C=O) groups excluding carboxylic acids is 2. The normalized spacial score (nSPS) is 14.0. The smallest absolute Gasteiger partial charge is 0.256 e. The minimum Gasteiger partial charge on any atom is -0.339 e. The lowest BCUT2D eigenvalue weighted by molar-refractivity contribution is -0.111. The average Bonchev–Trinajstić information content (AvgIpc) is 3.17. The fourth-order valence-electron chi connectivity index (χ4n) is 2.90. The summed E-state index contributed by atoms with van der Waals surface area (Å²) in [6, 6.07) is 8.03. The van der Waals surface area contributed by atoms with E-state index < -0.39 is 17.5 Å². The average molecular weight is 391 g/mol. The van der Waals surface area contributed by atoms with Gasteiger partial charge in [-0.2, -0.15) is 0 Å². The summed E-state index contributed by atoms with van der Waals surface area (Å²) in [4.78, 5) is 26.6. The maximum Gasteiger partial charge on any atom is 0.256 e. The number of likely N-dealkylation sites (tertiary alicyclic amines) is 1. The second kappa shape index (κ2) is 8.31. The van der Waals surface area contributed by atoms with Gasteiger partial charge in [0.1, 0.15) is 11.6 Å². The van der Waals surface area contributed by atoms with E-state index in [2.05, 4.69) is 5.32 Å². The Morgan fingerprint density at radius 3 is 2.41 bits per heavy atom. The molecular formula is C20H17ClF2N2O2. The molecule has 4 nitrogen and oxygen atoms in total. The molecule has 0 radical (unpaired) electrons. The van der Waals surface area contributed by atoms with Crippen LogP contribution < -0.4 is 5.32 Å². The van der Waals surface area contributed by atoms with E-state index in [0.29, 0.717) is 23.8 Å². The van der Waals surface area contributed by atoms with E-state index in [1.165, 1.54) is 18.2 Å². The van der Waals surface area contributed by atoms with Crippen molar-refractivity contribution in [3.8, 4) is 0 Å². The van der Waals surface area contributed by atoms with Crippen LogP contribution in [0.2, 0.25) is 5.02 Å². The van der Waals surface area contributed by atoms with Crippen LogP contribution >= 0.6 is 11.6 Å². The quantitative estimate of drug-likeness (QED) is 0.781. The fraction of sp³-hybridized carbons (Fsp3) is 0.200. The van der Waals surface area contributed by atoms with E-state index >= 15 is 0 Å². The van der Waals surface area contributed by atoms with Crippen molar-refractivity contribution in [2.75, 3.05) is 18.4 Å². The highest BCUT2D eigenvalue weighted by Crippen LogP contribution is 2.24. The van der Waals surface area contributed by atoms with Crippen LogP contribution in [-0.2, 0) is 4.79 Å². The summed E-state index contributed by atoms with van der Waals surface area (Å²) in [5.41, 5.74) is 0.264. The molecule has 0 aromatic heterocycles. The summed E-state index contributed by atoms with van der Waals surface area (Å²) < 4.78 is 27.3. The lowest BCUT2D eigenvalue weighted by Gasteiger charge is -2.18. The molecule has 2 amide bonds. The van der Waals surface area contributed by atoms with E-state index in [4.69, 9.17) is 11.6 Å². The lowest BCUT2D eigenvalue weighted by atomic mass is 10.1. The van der Waals surface area contributed by atoms with Crippen molar-refractivity contribution < 1.29 is 18.4 Å². The first-order chi connectivity index (χ1) is 13.0. The second-order valence-corrected chi connectivity index (χ2v) is 6.58. The molecule has 0 aliphatic carbocycles. The summed E-state index contributed by atoms with van der Waals surface area (Å²) in [6.45, 7) is 1.32. The molecule has 27 heavy (non-hydrogen) atoms. The minimum absolute atomic E-state index is 0.213. The standard InChI is InChI=1S/C20H17ClF2N2O2/c21-13-6-8-18(15(12-13)20(27)25-10-1-2-11-25)24-19(26)9-7-14-16(22)4-3-5-17(14)23/h3-9,12H,1-2,10-11H2,(H,24,26). The van der Waals surface area contributed by atoms with E-state index in [-0.39, 0.29) is 17.0 Å². The number of carbonyl (C=O) groups is 2. The summed E-state index contributed by atoms with van der Waals surface area (Å²) in [7, 11) is 0. The number of anilines is 1. The zero-order chi connectivity index (χ0) is 19.4. The molecule has 3 rings (SSSR count). The molecule has 1 N–H and O–H groups in total. The van der Waals surface area contributed by atoms with Gasteiger partial charge in [0.05, 0.1) is 11.3 Å². The highest BCUT2D eigenvalue weighted by atomic mass is 35.5. The fourth-order valence-corrected chi connectivity index (χ4v) is 3.07. The predicted molar refractivity (Wildman–Crippen MR) is 101 cm³/mol. The van der Waals surface area contributed by atoms with Crippen molar-refractivity contribution in [3.05, 3.63) is 70.3 Å². The molecular weight excluding hydrogens is 374 g/mol. The molecule has 1 aliphatic rings. The third-order valence-corrected chi connectivity index (χ3v) is 4.50. The second-order valence-electron chi connectivity index (χ2n) is 6.15. The van der Waals surface area contributed by atoms with E-state index in [0.717, 1.165) is 37.1 Å². The first-order valence-corrected chi connectivity index (χ1v) is 8.85. The molecule has 0 bridgehead atoms. The SMILES string of the molecule is O=C(C=Cc1c(F)cccc1F)Nc1ccc(Cl)cc1C(=O)N1CCCC1. The van der Waals surface area contributed by atoms with Gasteiger partial charge >= 0.3 is 0 Å². The van der Waals surface area contributed by atoms with Crippen LogP contribution in [0.3, 0.4) is 0 Å². The number of halogens is 3. The van der Waals surface area contributed by atoms with Gasteiger partial charge < -0.3 is 10.2 Å². The Kier molecular flexibility index (Phi) is 5.86. The van der Waals surface area contributed by atoms with Crippen LogP contribution in [0.15, 0.2) is 42.5 Å². The zero-order valence-electron chi connectivity index (χ0n) is 14.3. The Balaban J connectivity index is 1.79. The molecule has 1 aliphatic heterocycles. The molecule has 0 unspecified atom stereocenters. The van der Waals surface area contributed by atoms with E-state index in [9.17, 15) is 18.4 Å². The Labute approximate surface area is 160 Å². The van der Waals surface area contributed by atoms with E-state index in [1.807, 2.05) is 0 Å². The molecule has 1 heterocycles. The van der Waals surface area contributed by atoms with Crippen LogP contribution in [0.1, 0.15) is 28.8 Å². The van der Waals surface area contributed by atoms with Crippen molar-refractivity contribution >= 4 is 35.2 Å². The summed E-state index contributed by atoms with van der Waals surface area (Å²) in [6.07, 6.45) is 3.94. The highest BCUT2D eigenvalue weighted by molar-refractivity contribution is 6.31. The van der Waals surface area contributed by atoms with Gasteiger partial charge in [0, 0.05) is 29.8 Å². The van der Waals surface area contributed by atoms with Crippen molar-refractivity contribution in [1.29, 1.82) is 0 Å². The monoisotopic (exact) mass is 390 g/mol. The van der Waals surface area contributed by atoms with Crippen LogP contribution in [0.5, 0.6) is 0 Å². The van der Waals surface area contributed by atoms with Gasteiger partial charge in [-0.25, -0.2) is 8.78 Å². The first-order valence-electron chi connectivity index (χ1n) is 8.47. The number of benzene rings is 2. The van der Waals surface area contributed by atoms with Gasteiger partial charge in [0.2, 0.25) is 5.91 Å². The van der Waals surface area contributed by atoms with Gasteiger partial charge in [0.15, 0.2) is 0 Å². The Bertz CT molecular complexity index is 889. The van der Waals surface area contributed by atoms with E-state index in [1.54, 1.807) is 11.0 Å². The van der Waals surface area contributed by atoms with Crippen LogP contribution in [0, 0.1) is 11.6 Å². The van der Waals surface area contributed by atoms with Gasteiger partial charge in [-0.3, -0.25) is 9.59 Å². The molecule has 1 saturated heterocycles. The Morgan fingerprint density at radius 1 is 1.07 bits per heavy atom. The summed E-state index contributed by atoms with van der Waals surface area (Å²) >= 11 is 6.00. The van der Waals surface area contributed by atoms with Crippen LogP contribution in [0.4, 0.5) is 14.5 Å². The molecule has 1 fully saturated rings. The number of rotatable bonds is 4. The van der Waals surface area contributed by atoms with Gasteiger partial charge in [-0.15, -0.1) is 0 Å². The molecule has 7 heteroatoms. The molecule has 140 valence electrons. The van der Waals surface area contributed by atoms with Crippen molar-refractivity contribution in [3.63, 3.8) is 0 Å². The molecule has 0 saturated carbocycles. The molecule has 2 aromatic carbocycles. The number of amides is 2. The molecule has 0 spiro atoms. The maximum absolute atomic E-state index is 13.6. The molecule has 2 aromatic rings. The van der Waals surface area contributed by atoms with Crippen LogP contribution in [0.25, 0.3) is 6.08 Å². The Morgan fingerprint density at radius 2 is 1.74 bits per heavy atom.